The van der Waals surface area contributed by atoms with Crippen molar-refractivity contribution in [2.45, 2.75) is 0 Å². The molecule has 1 fully saturated rings. The Hall–Kier alpha value is -1.80. The minimum absolute atomic E-state index is 0.249. The fourth-order valence-electron chi connectivity index (χ4n) is 1.43. The second-order valence-corrected chi connectivity index (χ2v) is 3.99. The highest BCUT2D eigenvalue weighted by Gasteiger charge is 2.13. The Bertz CT molecular complexity index is 431. The Balaban J connectivity index is 1.91. The molecule has 0 amide bonds. The number of nitrogens with zero attached hydrogens (tertiary/aromatic N) is 4. The van der Waals surface area contributed by atoms with Crippen molar-refractivity contribution in [1.29, 1.82) is 0 Å². The average molecular weight is 266 g/mol. The fourth-order valence-corrected chi connectivity index (χ4v) is 1.66. The van der Waals surface area contributed by atoms with Crippen molar-refractivity contribution in [3.63, 3.8) is 0 Å². The number of hydrogen-bond acceptors (Lipinski definition) is 5. The molecule has 0 radical (unpaired) electrons. The number of hydrazone groups is 1. The first-order valence-corrected chi connectivity index (χ1v) is 5.90. The summed E-state index contributed by atoms with van der Waals surface area (Å²) in [6.07, 6.45) is 4.67. The lowest BCUT2D eigenvalue weighted by atomic mass is 10.4. The summed E-state index contributed by atoms with van der Waals surface area (Å²) in [6.45, 7) is 2.86. The topological polar surface area (TPSA) is 88.7 Å². The molecule has 0 spiro atoms. The van der Waals surface area contributed by atoms with Gasteiger partial charge in [0.25, 0.3) is 0 Å². The number of nitrogens with two attached hydrogens (primary N) is 1. The van der Waals surface area contributed by atoms with E-state index in [-0.39, 0.29) is 5.84 Å². The molecule has 0 atom stereocenters. The summed E-state index contributed by atoms with van der Waals surface area (Å²) in [5.74, 6) is 0.249. The molecule has 96 valence electrons. The summed E-state index contributed by atoms with van der Waals surface area (Å²) in [5, 5.41) is 4.52. The van der Waals surface area contributed by atoms with E-state index in [1.807, 2.05) is 4.90 Å². The first-order chi connectivity index (χ1) is 8.77. The van der Waals surface area contributed by atoms with Crippen molar-refractivity contribution in [2.24, 2.45) is 10.8 Å². The lowest BCUT2D eigenvalue weighted by molar-refractivity contribution is 0.0677. The number of rotatable bonds is 2. The Labute approximate surface area is 110 Å². The summed E-state index contributed by atoms with van der Waals surface area (Å²) >= 11 is 5.20. The maximum Gasteiger partial charge on any atom is 0.189 e. The molecule has 0 aromatic carbocycles. The molecular weight excluding hydrogens is 252 g/mol. The molecule has 2 heterocycles. The summed E-state index contributed by atoms with van der Waals surface area (Å²) in [7, 11) is 0. The van der Waals surface area contributed by atoms with Crippen LogP contribution in [0.4, 0.5) is 0 Å². The molecule has 0 saturated carbocycles. The van der Waals surface area contributed by atoms with E-state index >= 15 is 0 Å². The van der Waals surface area contributed by atoms with Crippen LogP contribution < -0.4 is 11.2 Å². The second kappa shape index (κ2) is 6.22. The molecular formula is C10H14N6OS. The van der Waals surface area contributed by atoms with Crippen molar-refractivity contribution >= 4 is 23.2 Å². The molecule has 8 heteroatoms. The van der Waals surface area contributed by atoms with Crippen LogP contribution in [0.25, 0.3) is 0 Å². The van der Waals surface area contributed by atoms with Gasteiger partial charge in [-0.3, -0.25) is 10.4 Å². The number of aromatic nitrogens is 2. The number of hydrogen-bond donors (Lipinski definition) is 2. The summed E-state index contributed by atoms with van der Waals surface area (Å²) in [4.78, 5) is 9.92. The van der Waals surface area contributed by atoms with E-state index < -0.39 is 0 Å². The molecule has 7 nitrogen and oxygen atoms in total. The average Bonchev–Trinajstić information content (AvgIpc) is 2.46. The Kier molecular flexibility index (Phi) is 4.37. The first kappa shape index (κ1) is 12.7. The quantitative estimate of drug-likeness (QED) is 0.317. The van der Waals surface area contributed by atoms with Gasteiger partial charge in [-0.2, -0.15) is 5.10 Å². The molecule has 1 saturated heterocycles. The van der Waals surface area contributed by atoms with Gasteiger partial charge in [0.15, 0.2) is 10.9 Å². The molecule has 1 aliphatic heterocycles. The normalized spacial score (nSPS) is 16.4. The molecule has 1 aromatic heterocycles. The van der Waals surface area contributed by atoms with E-state index in [0.717, 1.165) is 13.1 Å². The molecule has 0 aliphatic carbocycles. The van der Waals surface area contributed by atoms with Gasteiger partial charge in [0, 0.05) is 25.5 Å². The van der Waals surface area contributed by atoms with Crippen LogP contribution in [0.5, 0.6) is 0 Å². The van der Waals surface area contributed by atoms with E-state index in [2.05, 4.69) is 20.5 Å². The summed E-state index contributed by atoms with van der Waals surface area (Å²) < 4.78 is 5.24. The number of thiocarbonyl (C=S) groups is 1. The highest BCUT2D eigenvalue weighted by molar-refractivity contribution is 7.80. The highest BCUT2D eigenvalue weighted by Crippen LogP contribution is 1.97. The van der Waals surface area contributed by atoms with Gasteiger partial charge in [-0.05, 0) is 12.2 Å². The monoisotopic (exact) mass is 266 g/mol. The van der Waals surface area contributed by atoms with Crippen LogP contribution in [0.2, 0.25) is 0 Å². The molecule has 3 N–H and O–H groups in total. The van der Waals surface area contributed by atoms with Gasteiger partial charge >= 0.3 is 0 Å². The minimum Gasteiger partial charge on any atom is -0.380 e. The van der Waals surface area contributed by atoms with Gasteiger partial charge in [-0.25, -0.2) is 4.98 Å². The Morgan fingerprint density at radius 2 is 2.22 bits per heavy atom. The zero-order valence-electron chi connectivity index (χ0n) is 9.74. The minimum atomic E-state index is 0.249. The van der Waals surface area contributed by atoms with Crippen molar-refractivity contribution in [3.8, 4) is 0 Å². The van der Waals surface area contributed by atoms with Gasteiger partial charge in [-0.1, -0.05) is 0 Å². The zero-order chi connectivity index (χ0) is 12.8. The standard InChI is InChI=1S/C10H14N6OS/c11-9(8-7-12-1-2-13-8)14-15-10(18)16-3-5-17-6-4-16/h1-2,7H,3-6H2,(H2,11,14)(H,15,18). The molecule has 18 heavy (non-hydrogen) atoms. The fraction of sp³-hybridized carbons (Fsp3) is 0.400. The van der Waals surface area contributed by atoms with Gasteiger partial charge in [0.2, 0.25) is 0 Å². The molecule has 1 aliphatic rings. The van der Waals surface area contributed by atoms with Crippen molar-refractivity contribution in [3.05, 3.63) is 24.3 Å². The number of ether oxygens (including phenoxy) is 1. The SMILES string of the molecule is N/C(=N/NC(=S)N1CCOCC1)c1cnccn1. The second-order valence-electron chi connectivity index (χ2n) is 3.60. The third-order valence-electron chi connectivity index (χ3n) is 2.40. The molecule has 0 unspecified atom stereocenters. The predicted octanol–water partition coefficient (Wildman–Crippen LogP) is -0.696. The van der Waals surface area contributed by atoms with Gasteiger partial charge in [-0.15, -0.1) is 0 Å². The maximum absolute atomic E-state index is 5.75. The van der Waals surface area contributed by atoms with Crippen molar-refractivity contribution in [2.75, 3.05) is 26.3 Å². The van der Waals surface area contributed by atoms with E-state index in [1.165, 1.54) is 6.20 Å². The number of morpholine rings is 1. The summed E-state index contributed by atoms with van der Waals surface area (Å²) in [5.41, 5.74) is 9.01. The third kappa shape index (κ3) is 3.34. The lowest BCUT2D eigenvalue weighted by Gasteiger charge is -2.28. The van der Waals surface area contributed by atoms with E-state index in [4.69, 9.17) is 22.7 Å². The zero-order valence-corrected chi connectivity index (χ0v) is 10.6. The van der Waals surface area contributed by atoms with Gasteiger partial charge < -0.3 is 15.4 Å². The van der Waals surface area contributed by atoms with Crippen LogP contribution in [0, 0.1) is 0 Å². The van der Waals surface area contributed by atoms with Gasteiger partial charge in [0.05, 0.1) is 19.4 Å². The van der Waals surface area contributed by atoms with E-state index in [9.17, 15) is 0 Å². The number of nitrogens with one attached hydrogen (secondary N) is 1. The molecule has 0 bridgehead atoms. The van der Waals surface area contributed by atoms with Gasteiger partial charge in [0.1, 0.15) is 5.69 Å². The van der Waals surface area contributed by atoms with Crippen LogP contribution in [-0.4, -0.2) is 52.1 Å². The lowest BCUT2D eigenvalue weighted by Crippen LogP contribution is -2.45. The molecule has 2 rings (SSSR count). The third-order valence-corrected chi connectivity index (χ3v) is 2.75. The predicted molar refractivity (Wildman–Crippen MR) is 70.9 cm³/mol. The first-order valence-electron chi connectivity index (χ1n) is 5.49. The largest absolute Gasteiger partial charge is 0.380 e. The van der Waals surface area contributed by atoms with Crippen LogP contribution in [0.15, 0.2) is 23.7 Å². The van der Waals surface area contributed by atoms with Crippen LogP contribution in [-0.2, 0) is 4.74 Å². The smallest absolute Gasteiger partial charge is 0.189 e. The highest BCUT2D eigenvalue weighted by atomic mass is 32.1. The van der Waals surface area contributed by atoms with E-state index in [1.54, 1.807) is 12.4 Å². The number of amidine groups is 1. The van der Waals surface area contributed by atoms with Crippen LogP contribution in [0.3, 0.4) is 0 Å². The molecule has 1 aromatic rings. The van der Waals surface area contributed by atoms with Crippen LogP contribution in [0.1, 0.15) is 5.69 Å². The maximum atomic E-state index is 5.75. The summed E-state index contributed by atoms with van der Waals surface area (Å²) in [6, 6.07) is 0. The Morgan fingerprint density at radius 3 is 2.89 bits per heavy atom. The Morgan fingerprint density at radius 1 is 1.44 bits per heavy atom. The van der Waals surface area contributed by atoms with Crippen molar-refractivity contribution in [1.82, 2.24) is 20.3 Å². The van der Waals surface area contributed by atoms with E-state index in [0.29, 0.717) is 24.0 Å². The van der Waals surface area contributed by atoms with Crippen LogP contribution >= 0.6 is 12.2 Å². The van der Waals surface area contributed by atoms with Crippen molar-refractivity contribution < 1.29 is 4.74 Å².